The maximum atomic E-state index is 3.96. The molecule has 0 aliphatic heterocycles. The monoisotopic (exact) mass is 186 g/mol. The zero-order valence-corrected chi connectivity index (χ0v) is 6.72. The van der Waals surface area contributed by atoms with E-state index in [1.165, 1.54) is 0 Å². The van der Waals surface area contributed by atoms with E-state index in [0.717, 1.165) is 10.2 Å². The molecule has 9 heavy (non-hydrogen) atoms. The molecular formula is C6H7BrN2. The Kier molecular flexibility index (Phi) is 1.71. The van der Waals surface area contributed by atoms with Gasteiger partial charge in [0.25, 0.3) is 0 Å². The summed E-state index contributed by atoms with van der Waals surface area (Å²) in [6.45, 7) is 3.71. The molecule has 1 rings (SSSR count). The summed E-state index contributed by atoms with van der Waals surface area (Å²) in [5.74, 6) is 0. The van der Waals surface area contributed by atoms with Crippen molar-refractivity contribution in [1.29, 1.82) is 0 Å². The summed E-state index contributed by atoms with van der Waals surface area (Å²) < 4.78 is 2.62. The fourth-order valence-corrected chi connectivity index (χ4v) is 1.03. The lowest BCUT2D eigenvalue weighted by Crippen LogP contribution is -1.93. The first-order chi connectivity index (χ1) is 4.22. The van der Waals surface area contributed by atoms with Crippen molar-refractivity contribution in [3.63, 3.8) is 0 Å². The smallest absolute Gasteiger partial charge is 0.0742 e. The van der Waals surface area contributed by atoms with Crippen molar-refractivity contribution in [2.75, 3.05) is 0 Å². The molecule has 1 aromatic heterocycles. The summed E-state index contributed by atoms with van der Waals surface area (Å²) in [5.41, 5.74) is 1.01. The van der Waals surface area contributed by atoms with Crippen LogP contribution in [0.2, 0.25) is 0 Å². The molecule has 0 N–H and O–H groups in total. The Bertz CT molecular complexity index is 227. The molecule has 0 aliphatic carbocycles. The maximum Gasteiger partial charge on any atom is 0.0742 e. The zero-order chi connectivity index (χ0) is 6.85. The average Bonchev–Trinajstić information content (AvgIpc) is 2.13. The second kappa shape index (κ2) is 2.35. The van der Waals surface area contributed by atoms with Gasteiger partial charge in [0.1, 0.15) is 0 Å². The van der Waals surface area contributed by atoms with Crippen LogP contribution < -0.4 is 0 Å². The van der Waals surface area contributed by atoms with Crippen molar-refractivity contribution in [3.8, 4) is 0 Å². The highest BCUT2D eigenvalue weighted by Crippen LogP contribution is 2.16. The quantitative estimate of drug-likeness (QED) is 0.655. The summed E-state index contributed by atoms with van der Waals surface area (Å²) in [6, 6.07) is 1.90. The van der Waals surface area contributed by atoms with Crippen molar-refractivity contribution in [2.24, 2.45) is 7.05 Å². The van der Waals surface area contributed by atoms with Crippen molar-refractivity contribution in [3.05, 3.63) is 24.5 Å². The van der Waals surface area contributed by atoms with E-state index in [1.807, 2.05) is 13.1 Å². The molecule has 0 amide bonds. The van der Waals surface area contributed by atoms with Crippen molar-refractivity contribution >= 4 is 20.4 Å². The topological polar surface area (TPSA) is 17.8 Å². The lowest BCUT2D eigenvalue weighted by Gasteiger charge is -1.95. The van der Waals surface area contributed by atoms with Crippen LogP contribution in [0.4, 0.5) is 0 Å². The van der Waals surface area contributed by atoms with Crippen LogP contribution in [0.15, 0.2) is 18.8 Å². The normalized spacial score (nSPS) is 9.56. The molecule has 0 unspecified atom stereocenters. The molecule has 1 aromatic rings. The van der Waals surface area contributed by atoms with Crippen molar-refractivity contribution < 1.29 is 0 Å². The van der Waals surface area contributed by atoms with E-state index >= 15 is 0 Å². The molecule has 0 saturated heterocycles. The second-order valence-corrected chi connectivity index (χ2v) is 2.70. The van der Waals surface area contributed by atoms with Gasteiger partial charge in [0.15, 0.2) is 0 Å². The molecule has 1 heterocycles. The van der Waals surface area contributed by atoms with Crippen LogP contribution in [0, 0.1) is 0 Å². The standard InChI is InChI=1S/C6H7BrN2/c1-5(7)6-3-4-8-9(6)2/h3-4H,1H2,2H3. The van der Waals surface area contributed by atoms with E-state index in [9.17, 15) is 0 Å². The minimum Gasteiger partial charge on any atom is -0.267 e. The van der Waals surface area contributed by atoms with Gasteiger partial charge in [-0.25, -0.2) is 0 Å². The van der Waals surface area contributed by atoms with E-state index in [4.69, 9.17) is 0 Å². The summed E-state index contributed by atoms with van der Waals surface area (Å²) in [6.07, 6.45) is 1.74. The molecule has 3 heteroatoms. The molecule has 2 nitrogen and oxygen atoms in total. The summed E-state index contributed by atoms with van der Waals surface area (Å²) >= 11 is 3.26. The molecule has 48 valence electrons. The third-order valence-corrected chi connectivity index (χ3v) is 1.51. The van der Waals surface area contributed by atoms with E-state index in [0.29, 0.717) is 0 Å². The average molecular weight is 187 g/mol. The molecule has 0 aliphatic rings. The van der Waals surface area contributed by atoms with Gasteiger partial charge in [-0.2, -0.15) is 5.10 Å². The lowest BCUT2D eigenvalue weighted by molar-refractivity contribution is 0.759. The van der Waals surface area contributed by atoms with Gasteiger partial charge in [-0.05, 0) is 22.0 Å². The summed E-state index contributed by atoms with van der Waals surface area (Å²) in [7, 11) is 1.88. The molecule has 0 atom stereocenters. The number of aromatic nitrogens is 2. The number of hydrogen-bond acceptors (Lipinski definition) is 1. The maximum absolute atomic E-state index is 3.96. The predicted molar refractivity (Wildman–Crippen MR) is 41.2 cm³/mol. The third-order valence-electron chi connectivity index (χ3n) is 1.10. The van der Waals surface area contributed by atoms with Crippen LogP contribution in [0.3, 0.4) is 0 Å². The predicted octanol–water partition coefficient (Wildman–Crippen LogP) is 1.79. The number of nitrogens with zero attached hydrogens (tertiary/aromatic N) is 2. The van der Waals surface area contributed by atoms with Gasteiger partial charge >= 0.3 is 0 Å². The Labute approximate surface area is 62.3 Å². The Morgan fingerprint density at radius 3 is 2.78 bits per heavy atom. The van der Waals surface area contributed by atoms with Crippen molar-refractivity contribution in [1.82, 2.24) is 9.78 Å². The molecule has 0 fully saturated rings. The zero-order valence-electron chi connectivity index (χ0n) is 5.13. The Morgan fingerprint density at radius 1 is 1.89 bits per heavy atom. The molecule has 0 spiro atoms. The van der Waals surface area contributed by atoms with Crippen LogP contribution in [-0.4, -0.2) is 9.78 Å². The minimum absolute atomic E-state index is 0.863. The number of hydrogen-bond donors (Lipinski definition) is 0. The lowest BCUT2D eigenvalue weighted by atomic mass is 10.4. The fraction of sp³-hybridized carbons (Fsp3) is 0.167. The van der Waals surface area contributed by atoms with Gasteiger partial charge < -0.3 is 0 Å². The third kappa shape index (κ3) is 1.21. The van der Waals surface area contributed by atoms with Crippen LogP contribution in [-0.2, 0) is 7.05 Å². The fourth-order valence-electron chi connectivity index (χ4n) is 0.640. The highest BCUT2D eigenvalue weighted by Gasteiger charge is 1.96. The number of aryl methyl sites for hydroxylation is 1. The van der Waals surface area contributed by atoms with Gasteiger partial charge in [0.2, 0.25) is 0 Å². The highest BCUT2D eigenvalue weighted by molar-refractivity contribution is 9.15. The molecule has 0 saturated carbocycles. The second-order valence-electron chi connectivity index (χ2n) is 1.74. The molecule has 0 radical (unpaired) electrons. The number of halogens is 1. The largest absolute Gasteiger partial charge is 0.267 e. The molecule has 0 bridgehead atoms. The molecular weight excluding hydrogens is 180 g/mol. The van der Waals surface area contributed by atoms with Crippen LogP contribution in [0.1, 0.15) is 5.69 Å². The minimum atomic E-state index is 0.863. The van der Waals surface area contributed by atoms with E-state index in [1.54, 1.807) is 10.9 Å². The van der Waals surface area contributed by atoms with E-state index in [-0.39, 0.29) is 0 Å². The first-order valence-electron chi connectivity index (χ1n) is 2.54. The van der Waals surface area contributed by atoms with Gasteiger partial charge in [-0.3, -0.25) is 4.68 Å². The van der Waals surface area contributed by atoms with Gasteiger partial charge in [-0.1, -0.05) is 6.58 Å². The number of rotatable bonds is 1. The van der Waals surface area contributed by atoms with E-state index in [2.05, 4.69) is 27.6 Å². The Hall–Kier alpha value is -0.570. The summed E-state index contributed by atoms with van der Waals surface area (Å²) in [4.78, 5) is 0. The van der Waals surface area contributed by atoms with Gasteiger partial charge in [-0.15, -0.1) is 0 Å². The van der Waals surface area contributed by atoms with Crippen LogP contribution in [0.5, 0.6) is 0 Å². The molecule has 0 aromatic carbocycles. The first kappa shape index (κ1) is 6.55. The Balaban J connectivity index is 3.08. The van der Waals surface area contributed by atoms with Crippen LogP contribution >= 0.6 is 15.9 Å². The SMILES string of the molecule is C=C(Br)c1ccnn1C. The van der Waals surface area contributed by atoms with Crippen molar-refractivity contribution in [2.45, 2.75) is 0 Å². The highest BCUT2D eigenvalue weighted by atomic mass is 79.9. The first-order valence-corrected chi connectivity index (χ1v) is 3.34. The van der Waals surface area contributed by atoms with Gasteiger partial charge in [0, 0.05) is 17.7 Å². The van der Waals surface area contributed by atoms with Crippen LogP contribution in [0.25, 0.3) is 4.48 Å². The van der Waals surface area contributed by atoms with Gasteiger partial charge in [0.05, 0.1) is 5.69 Å². The Morgan fingerprint density at radius 2 is 2.56 bits per heavy atom. The summed E-state index contributed by atoms with van der Waals surface area (Å²) in [5, 5.41) is 3.96. The van der Waals surface area contributed by atoms with E-state index < -0.39 is 0 Å².